The van der Waals surface area contributed by atoms with E-state index in [1.54, 1.807) is 0 Å². The van der Waals surface area contributed by atoms with E-state index in [9.17, 15) is 0 Å². The first-order valence-corrected chi connectivity index (χ1v) is 8.22. The average molecular weight is 445 g/mol. The number of piperidine rings is 1. The number of thiazole rings is 1. The number of aromatic nitrogens is 1. The van der Waals surface area contributed by atoms with Crippen molar-refractivity contribution in [3.05, 3.63) is 36.5 Å². The monoisotopic (exact) mass is 443 g/mol. The van der Waals surface area contributed by atoms with Crippen molar-refractivity contribution in [1.29, 1.82) is 0 Å². The zero-order chi connectivity index (χ0) is 13.4. The molecule has 0 saturated carbocycles. The standard InChI is InChI=1S/C16H19N3S.2BrH/c1-2-4-13(5-3-1)16-17-12-15(20-16)19-11-10-18-8-6-14(19)7-9-18;;/h1-5,12,14H,6-11H2;2*1H/p-2. The van der Waals surface area contributed by atoms with Crippen molar-refractivity contribution < 1.29 is 34.0 Å². The third-order valence-electron chi connectivity index (χ3n) is 4.45. The Bertz CT molecular complexity index is 582. The summed E-state index contributed by atoms with van der Waals surface area (Å²) in [5.74, 6) is 0. The number of nitrogens with zero attached hydrogens (tertiary/aromatic N) is 3. The summed E-state index contributed by atoms with van der Waals surface area (Å²) in [5.41, 5.74) is 1.23. The van der Waals surface area contributed by atoms with Gasteiger partial charge >= 0.3 is 0 Å². The molecule has 0 aliphatic carbocycles. The van der Waals surface area contributed by atoms with Crippen LogP contribution < -0.4 is 38.9 Å². The van der Waals surface area contributed by atoms with E-state index < -0.39 is 0 Å². The second-order valence-electron chi connectivity index (χ2n) is 5.64. The topological polar surface area (TPSA) is 19.4 Å². The molecule has 3 aliphatic heterocycles. The highest BCUT2D eigenvalue weighted by Crippen LogP contribution is 2.34. The molecule has 5 rings (SSSR count). The molecule has 0 atom stereocenters. The first-order chi connectivity index (χ1) is 9.90. The van der Waals surface area contributed by atoms with Gasteiger partial charge in [0, 0.05) is 37.8 Å². The Morgan fingerprint density at radius 2 is 1.68 bits per heavy atom. The lowest BCUT2D eigenvalue weighted by molar-refractivity contribution is -0.001000. The smallest absolute Gasteiger partial charge is 0.125 e. The number of hydrogen-bond donors (Lipinski definition) is 0. The van der Waals surface area contributed by atoms with E-state index in [1.165, 1.54) is 43.0 Å². The lowest BCUT2D eigenvalue weighted by atomic mass is 10.1. The highest BCUT2D eigenvalue weighted by Gasteiger charge is 2.30. The van der Waals surface area contributed by atoms with Crippen molar-refractivity contribution in [2.75, 3.05) is 31.1 Å². The van der Waals surface area contributed by atoms with Crippen molar-refractivity contribution >= 4 is 16.3 Å². The summed E-state index contributed by atoms with van der Waals surface area (Å²) in [5, 5.41) is 2.48. The molecule has 2 aromatic rings. The van der Waals surface area contributed by atoms with E-state index in [0.29, 0.717) is 0 Å². The summed E-state index contributed by atoms with van der Waals surface area (Å²) in [4.78, 5) is 9.83. The number of anilines is 1. The molecule has 0 radical (unpaired) electrons. The van der Waals surface area contributed by atoms with Crippen LogP contribution in [0.1, 0.15) is 12.8 Å². The molecule has 0 amide bonds. The average Bonchev–Trinajstić information content (AvgIpc) is 2.81. The zero-order valence-corrected chi connectivity index (χ0v) is 16.3. The Morgan fingerprint density at radius 1 is 0.955 bits per heavy atom. The van der Waals surface area contributed by atoms with Crippen molar-refractivity contribution in [2.24, 2.45) is 0 Å². The van der Waals surface area contributed by atoms with Crippen LogP contribution in [0.15, 0.2) is 36.5 Å². The fraction of sp³-hybridized carbons (Fsp3) is 0.438. The van der Waals surface area contributed by atoms with Gasteiger partial charge in [0.1, 0.15) is 10.0 Å². The molecule has 3 fully saturated rings. The van der Waals surface area contributed by atoms with Gasteiger partial charge in [-0.2, -0.15) is 0 Å². The van der Waals surface area contributed by atoms with Gasteiger partial charge in [0.05, 0.1) is 6.20 Å². The van der Waals surface area contributed by atoms with Gasteiger partial charge in [-0.15, -0.1) is 0 Å². The predicted octanol–water partition coefficient (Wildman–Crippen LogP) is -2.90. The second kappa shape index (κ2) is 7.90. The molecule has 1 aromatic carbocycles. The molecule has 3 saturated heterocycles. The van der Waals surface area contributed by atoms with Crippen LogP contribution in [-0.4, -0.2) is 42.1 Å². The Balaban J connectivity index is 0.000000882. The van der Waals surface area contributed by atoms with Gasteiger partial charge in [-0.3, -0.25) is 0 Å². The lowest BCUT2D eigenvalue weighted by Crippen LogP contribution is -3.00. The number of halogens is 2. The van der Waals surface area contributed by atoms with Gasteiger partial charge in [-0.1, -0.05) is 41.7 Å². The van der Waals surface area contributed by atoms with E-state index in [2.05, 4.69) is 51.3 Å². The predicted molar refractivity (Wildman–Crippen MR) is 84.4 cm³/mol. The molecule has 3 nitrogen and oxygen atoms in total. The molecular weight excluding hydrogens is 426 g/mol. The maximum Gasteiger partial charge on any atom is 0.125 e. The Morgan fingerprint density at radius 3 is 2.41 bits per heavy atom. The molecule has 120 valence electrons. The van der Waals surface area contributed by atoms with E-state index in [1.807, 2.05) is 11.3 Å². The molecule has 6 heteroatoms. The van der Waals surface area contributed by atoms with Gasteiger partial charge in [0.15, 0.2) is 0 Å². The fourth-order valence-corrected chi connectivity index (χ4v) is 4.31. The quantitative estimate of drug-likeness (QED) is 0.495. The third-order valence-corrected chi connectivity index (χ3v) is 5.54. The lowest BCUT2D eigenvalue weighted by Gasteiger charge is -2.31. The summed E-state index contributed by atoms with van der Waals surface area (Å²) in [6.07, 6.45) is 4.68. The summed E-state index contributed by atoms with van der Waals surface area (Å²) < 4.78 is 0. The Kier molecular flexibility index (Phi) is 6.44. The van der Waals surface area contributed by atoms with Gasteiger partial charge in [-0.05, 0) is 12.8 Å². The van der Waals surface area contributed by atoms with Gasteiger partial charge in [0.2, 0.25) is 0 Å². The number of rotatable bonds is 2. The van der Waals surface area contributed by atoms with Crippen molar-refractivity contribution in [3.63, 3.8) is 0 Å². The van der Waals surface area contributed by atoms with Crippen LogP contribution in [0.3, 0.4) is 0 Å². The van der Waals surface area contributed by atoms with Crippen molar-refractivity contribution in [3.8, 4) is 10.6 Å². The van der Waals surface area contributed by atoms with E-state index in [4.69, 9.17) is 0 Å². The molecule has 22 heavy (non-hydrogen) atoms. The SMILES string of the molecule is [Br-].[Br-].c1ccc(-c2ncc(N3CCN4CCC3CC4)s2)cc1. The maximum atomic E-state index is 4.64. The highest BCUT2D eigenvalue weighted by atomic mass is 79.9. The molecule has 0 unspecified atom stereocenters. The Labute approximate surface area is 156 Å². The molecule has 0 spiro atoms. The normalized spacial score (nSPS) is 23.4. The number of hydrogen-bond acceptors (Lipinski definition) is 4. The summed E-state index contributed by atoms with van der Waals surface area (Å²) in [6, 6.07) is 11.2. The van der Waals surface area contributed by atoms with Crippen LogP contribution in [0.5, 0.6) is 0 Å². The first kappa shape index (κ1) is 17.9. The molecule has 0 N–H and O–H groups in total. The molecule has 2 bridgehead atoms. The maximum absolute atomic E-state index is 4.64. The van der Waals surface area contributed by atoms with Gasteiger partial charge < -0.3 is 43.8 Å². The highest BCUT2D eigenvalue weighted by molar-refractivity contribution is 7.18. The van der Waals surface area contributed by atoms with Gasteiger partial charge in [-0.25, -0.2) is 4.98 Å². The van der Waals surface area contributed by atoms with Crippen LogP contribution >= 0.6 is 11.3 Å². The van der Waals surface area contributed by atoms with Gasteiger partial charge in [0.25, 0.3) is 0 Å². The molecular formula is C16H19Br2N3S-2. The van der Waals surface area contributed by atoms with Crippen LogP contribution in [0.2, 0.25) is 0 Å². The second-order valence-corrected chi connectivity index (χ2v) is 6.64. The number of fused-ring (bicyclic) bond motifs is 4. The van der Waals surface area contributed by atoms with Crippen molar-refractivity contribution in [1.82, 2.24) is 9.88 Å². The van der Waals surface area contributed by atoms with Crippen molar-refractivity contribution in [2.45, 2.75) is 18.9 Å². The van der Waals surface area contributed by atoms with Crippen LogP contribution in [0.4, 0.5) is 5.00 Å². The van der Waals surface area contributed by atoms with E-state index in [0.717, 1.165) is 17.6 Å². The van der Waals surface area contributed by atoms with E-state index in [-0.39, 0.29) is 34.0 Å². The molecule has 1 aromatic heterocycles. The van der Waals surface area contributed by atoms with Crippen LogP contribution in [0.25, 0.3) is 10.6 Å². The van der Waals surface area contributed by atoms with Crippen LogP contribution in [0, 0.1) is 0 Å². The largest absolute Gasteiger partial charge is 1.00 e. The zero-order valence-electron chi connectivity index (χ0n) is 12.3. The fourth-order valence-electron chi connectivity index (χ4n) is 3.29. The minimum absolute atomic E-state index is 0. The summed E-state index contributed by atoms with van der Waals surface area (Å²) in [7, 11) is 0. The third kappa shape index (κ3) is 3.55. The number of benzene rings is 1. The minimum Gasteiger partial charge on any atom is -1.00 e. The Hall–Kier alpha value is -0.430. The molecule has 4 heterocycles. The minimum atomic E-state index is 0. The first-order valence-electron chi connectivity index (χ1n) is 7.40. The molecule has 3 aliphatic rings. The van der Waals surface area contributed by atoms with E-state index >= 15 is 0 Å². The summed E-state index contributed by atoms with van der Waals surface area (Å²) >= 11 is 1.84. The van der Waals surface area contributed by atoms with Crippen LogP contribution in [-0.2, 0) is 0 Å². The summed E-state index contributed by atoms with van der Waals surface area (Å²) in [6.45, 7) is 4.90.